The Morgan fingerprint density at radius 2 is 2.25 bits per heavy atom. The van der Waals surface area contributed by atoms with Crippen LogP contribution >= 0.6 is 0 Å². The normalized spacial score (nSPS) is 19.2. The number of pyridine rings is 1. The van der Waals surface area contributed by atoms with Gasteiger partial charge in [-0.2, -0.15) is 0 Å². The largest absolute Gasteiger partial charge is 0.389 e. The van der Waals surface area contributed by atoms with Crippen molar-refractivity contribution < 1.29 is 5.11 Å². The quantitative estimate of drug-likeness (QED) is 0.716. The van der Waals surface area contributed by atoms with Crippen molar-refractivity contribution in [1.82, 2.24) is 4.98 Å². The standard InChI is InChI=1S/C10H13NO/c1-8-2-3-9(11-7-8)6-10(12)4-5-10/h2-3,7,12H,4-6H2,1H3. The molecule has 1 fully saturated rings. The summed E-state index contributed by atoms with van der Waals surface area (Å²) in [6.45, 7) is 2.02. The lowest BCUT2D eigenvalue weighted by Crippen LogP contribution is -2.11. The van der Waals surface area contributed by atoms with Gasteiger partial charge < -0.3 is 5.11 Å². The first-order valence-corrected chi connectivity index (χ1v) is 4.32. The van der Waals surface area contributed by atoms with E-state index in [1.54, 1.807) is 0 Å². The van der Waals surface area contributed by atoms with Crippen LogP contribution in [0.5, 0.6) is 0 Å². The minimum absolute atomic E-state index is 0.414. The monoisotopic (exact) mass is 163 g/mol. The van der Waals surface area contributed by atoms with Gasteiger partial charge in [0.05, 0.1) is 5.60 Å². The van der Waals surface area contributed by atoms with Gasteiger partial charge in [-0.3, -0.25) is 4.98 Å². The molecule has 0 saturated heterocycles. The first-order valence-electron chi connectivity index (χ1n) is 4.32. The highest BCUT2D eigenvalue weighted by Gasteiger charge is 2.40. The summed E-state index contributed by atoms with van der Waals surface area (Å²) >= 11 is 0. The Hall–Kier alpha value is -0.890. The first-order chi connectivity index (χ1) is 5.68. The molecule has 0 spiro atoms. The van der Waals surface area contributed by atoms with Gasteiger partial charge in [-0.25, -0.2) is 0 Å². The van der Waals surface area contributed by atoms with Crippen molar-refractivity contribution in [3.8, 4) is 0 Å². The maximum absolute atomic E-state index is 9.61. The zero-order valence-electron chi connectivity index (χ0n) is 7.25. The number of hydrogen-bond donors (Lipinski definition) is 1. The Kier molecular flexibility index (Phi) is 1.65. The average molecular weight is 163 g/mol. The molecule has 2 rings (SSSR count). The van der Waals surface area contributed by atoms with Gasteiger partial charge in [-0.15, -0.1) is 0 Å². The molecule has 1 N–H and O–H groups in total. The van der Waals surface area contributed by atoms with E-state index in [0.717, 1.165) is 18.5 Å². The highest BCUT2D eigenvalue weighted by atomic mass is 16.3. The molecule has 1 aromatic heterocycles. The average Bonchev–Trinajstić information content (AvgIpc) is 2.74. The van der Waals surface area contributed by atoms with Gasteiger partial charge in [-0.1, -0.05) is 6.07 Å². The Morgan fingerprint density at radius 1 is 1.50 bits per heavy atom. The molecule has 12 heavy (non-hydrogen) atoms. The maximum atomic E-state index is 9.61. The topological polar surface area (TPSA) is 33.1 Å². The molecule has 2 heteroatoms. The molecule has 0 aromatic carbocycles. The van der Waals surface area contributed by atoms with Crippen LogP contribution in [0.15, 0.2) is 18.3 Å². The number of aromatic nitrogens is 1. The van der Waals surface area contributed by atoms with Crippen LogP contribution in [0, 0.1) is 6.92 Å². The second kappa shape index (κ2) is 2.56. The van der Waals surface area contributed by atoms with Crippen LogP contribution < -0.4 is 0 Å². The zero-order valence-corrected chi connectivity index (χ0v) is 7.25. The van der Waals surface area contributed by atoms with Crippen LogP contribution in [0.1, 0.15) is 24.1 Å². The lowest BCUT2D eigenvalue weighted by Gasteiger charge is -2.05. The molecule has 2 nitrogen and oxygen atoms in total. The summed E-state index contributed by atoms with van der Waals surface area (Å²) in [6.07, 6.45) is 4.43. The highest BCUT2D eigenvalue weighted by molar-refractivity contribution is 5.15. The predicted octanol–water partition coefficient (Wildman–Crippen LogP) is 1.46. The van der Waals surface area contributed by atoms with E-state index in [9.17, 15) is 5.11 Å². The minimum Gasteiger partial charge on any atom is -0.389 e. The molecular weight excluding hydrogens is 150 g/mol. The van der Waals surface area contributed by atoms with Crippen LogP contribution in [0.3, 0.4) is 0 Å². The van der Waals surface area contributed by atoms with Gasteiger partial charge in [-0.05, 0) is 31.4 Å². The fourth-order valence-corrected chi connectivity index (χ4v) is 1.26. The van der Waals surface area contributed by atoms with Crippen molar-refractivity contribution in [3.63, 3.8) is 0 Å². The van der Waals surface area contributed by atoms with E-state index < -0.39 is 5.60 Å². The molecule has 0 bridgehead atoms. The van der Waals surface area contributed by atoms with Gasteiger partial charge in [0, 0.05) is 18.3 Å². The van der Waals surface area contributed by atoms with E-state index in [2.05, 4.69) is 4.98 Å². The van der Waals surface area contributed by atoms with Gasteiger partial charge in [0.2, 0.25) is 0 Å². The minimum atomic E-state index is -0.414. The molecule has 1 saturated carbocycles. The summed E-state index contributed by atoms with van der Waals surface area (Å²) in [5.41, 5.74) is 1.75. The summed E-state index contributed by atoms with van der Waals surface area (Å²) in [5.74, 6) is 0. The van der Waals surface area contributed by atoms with Crippen LogP contribution in [0.4, 0.5) is 0 Å². The Bertz CT molecular complexity index is 274. The second-order valence-corrected chi connectivity index (χ2v) is 3.73. The third-order valence-corrected chi connectivity index (χ3v) is 2.31. The van der Waals surface area contributed by atoms with Gasteiger partial charge in [0.15, 0.2) is 0 Å². The number of rotatable bonds is 2. The van der Waals surface area contributed by atoms with Crippen molar-refractivity contribution in [2.75, 3.05) is 0 Å². The van der Waals surface area contributed by atoms with Crippen LogP contribution in [0.2, 0.25) is 0 Å². The SMILES string of the molecule is Cc1ccc(CC2(O)CC2)nc1. The summed E-state index contributed by atoms with van der Waals surface area (Å²) in [4.78, 5) is 4.24. The molecule has 0 radical (unpaired) electrons. The van der Waals surface area contributed by atoms with Crippen LogP contribution in [-0.2, 0) is 6.42 Å². The third kappa shape index (κ3) is 1.64. The van der Waals surface area contributed by atoms with Crippen LogP contribution in [-0.4, -0.2) is 15.7 Å². The predicted molar refractivity (Wildman–Crippen MR) is 46.9 cm³/mol. The van der Waals surface area contributed by atoms with E-state index in [1.165, 1.54) is 5.56 Å². The lowest BCUT2D eigenvalue weighted by molar-refractivity contribution is 0.150. The first kappa shape index (κ1) is 7.74. The Balaban J connectivity index is 2.08. The number of nitrogens with zero attached hydrogens (tertiary/aromatic N) is 1. The summed E-state index contributed by atoms with van der Waals surface area (Å²) in [5, 5.41) is 9.61. The summed E-state index contributed by atoms with van der Waals surface area (Å²) in [6, 6.07) is 4.03. The third-order valence-electron chi connectivity index (χ3n) is 2.31. The van der Waals surface area contributed by atoms with Gasteiger partial charge in [0.1, 0.15) is 0 Å². The molecule has 0 atom stereocenters. The van der Waals surface area contributed by atoms with Gasteiger partial charge in [0.25, 0.3) is 0 Å². The van der Waals surface area contributed by atoms with Crippen LogP contribution in [0.25, 0.3) is 0 Å². The molecule has 1 aliphatic carbocycles. The van der Waals surface area contributed by atoms with E-state index in [1.807, 2.05) is 25.3 Å². The Labute approximate surface area is 72.3 Å². The van der Waals surface area contributed by atoms with Crippen molar-refractivity contribution in [2.24, 2.45) is 0 Å². The summed E-state index contributed by atoms with van der Waals surface area (Å²) in [7, 11) is 0. The van der Waals surface area contributed by atoms with E-state index >= 15 is 0 Å². The fraction of sp³-hybridized carbons (Fsp3) is 0.500. The van der Waals surface area contributed by atoms with Gasteiger partial charge >= 0.3 is 0 Å². The second-order valence-electron chi connectivity index (χ2n) is 3.73. The smallest absolute Gasteiger partial charge is 0.0705 e. The fourth-order valence-electron chi connectivity index (χ4n) is 1.26. The number of aliphatic hydroxyl groups is 1. The molecular formula is C10H13NO. The van der Waals surface area contributed by atoms with Crippen molar-refractivity contribution in [3.05, 3.63) is 29.6 Å². The van der Waals surface area contributed by atoms with Crippen molar-refractivity contribution in [1.29, 1.82) is 0 Å². The summed E-state index contributed by atoms with van der Waals surface area (Å²) < 4.78 is 0. The molecule has 0 amide bonds. The number of hydrogen-bond acceptors (Lipinski definition) is 2. The number of aryl methyl sites for hydroxylation is 1. The molecule has 0 aliphatic heterocycles. The molecule has 1 heterocycles. The maximum Gasteiger partial charge on any atom is 0.0705 e. The highest BCUT2D eigenvalue weighted by Crippen LogP contribution is 2.37. The van der Waals surface area contributed by atoms with Crippen molar-refractivity contribution >= 4 is 0 Å². The van der Waals surface area contributed by atoms with E-state index in [4.69, 9.17) is 0 Å². The van der Waals surface area contributed by atoms with E-state index in [-0.39, 0.29) is 0 Å². The molecule has 64 valence electrons. The Morgan fingerprint density at radius 3 is 2.75 bits per heavy atom. The zero-order chi connectivity index (χ0) is 8.60. The molecule has 1 aromatic rings. The lowest BCUT2D eigenvalue weighted by atomic mass is 10.1. The van der Waals surface area contributed by atoms with Crippen molar-refractivity contribution in [2.45, 2.75) is 31.8 Å². The molecule has 0 unspecified atom stereocenters. The van der Waals surface area contributed by atoms with E-state index in [0.29, 0.717) is 6.42 Å². The molecule has 1 aliphatic rings.